The van der Waals surface area contributed by atoms with Gasteiger partial charge in [0.25, 0.3) is 0 Å². The molecule has 1 fully saturated rings. The standard InChI is InChI=1S/C14H26N6O/c1-3-7-15-12-17-13(16-11(2)6-10-21)19-14(18-12)20-8-4-5-9-20/h11,21H,3-10H2,1-2H3,(H2,15,16,17,18,19). The summed E-state index contributed by atoms with van der Waals surface area (Å²) < 4.78 is 0. The molecular weight excluding hydrogens is 268 g/mol. The predicted octanol–water partition coefficient (Wildman–Crippen LogP) is 1.48. The van der Waals surface area contributed by atoms with Crippen LogP contribution in [0.15, 0.2) is 0 Å². The number of anilines is 3. The summed E-state index contributed by atoms with van der Waals surface area (Å²) in [5.74, 6) is 1.93. The highest BCUT2D eigenvalue weighted by Crippen LogP contribution is 2.19. The van der Waals surface area contributed by atoms with Gasteiger partial charge in [-0.15, -0.1) is 0 Å². The summed E-state index contributed by atoms with van der Waals surface area (Å²) in [7, 11) is 0. The van der Waals surface area contributed by atoms with E-state index in [-0.39, 0.29) is 12.6 Å². The normalized spacial score (nSPS) is 16.0. The van der Waals surface area contributed by atoms with Crippen LogP contribution in [0.2, 0.25) is 0 Å². The Kier molecular flexibility index (Phi) is 5.98. The topological polar surface area (TPSA) is 86.2 Å². The molecule has 7 heteroatoms. The Morgan fingerprint density at radius 2 is 1.90 bits per heavy atom. The highest BCUT2D eigenvalue weighted by Gasteiger charge is 2.17. The first-order chi connectivity index (χ1) is 10.2. The summed E-state index contributed by atoms with van der Waals surface area (Å²) in [6.45, 7) is 7.12. The van der Waals surface area contributed by atoms with E-state index in [1.165, 1.54) is 12.8 Å². The van der Waals surface area contributed by atoms with Gasteiger partial charge in [-0.05, 0) is 32.6 Å². The van der Waals surface area contributed by atoms with E-state index < -0.39 is 0 Å². The molecule has 0 amide bonds. The summed E-state index contributed by atoms with van der Waals surface area (Å²) in [6, 6.07) is 0.128. The summed E-state index contributed by atoms with van der Waals surface area (Å²) in [5.41, 5.74) is 0. The molecule has 0 radical (unpaired) electrons. The molecule has 0 bridgehead atoms. The van der Waals surface area contributed by atoms with Crippen molar-refractivity contribution in [1.29, 1.82) is 0 Å². The summed E-state index contributed by atoms with van der Waals surface area (Å²) in [4.78, 5) is 15.6. The van der Waals surface area contributed by atoms with Crippen LogP contribution in [0.5, 0.6) is 0 Å². The predicted molar refractivity (Wildman–Crippen MR) is 84.8 cm³/mol. The van der Waals surface area contributed by atoms with Crippen LogP contribution in [-0.2, 0) is 0 Å². The van der Waals surface area contributed by atoms with E-state index >= 15 is 0 Å². The van der Waals surface area contributed by atoms with Gasteiger partial charge in [0.2, 0.25) is 17.8 Å². The summed E-state index contributed by atoms with van der Waals surface area (Å²) in [5, 5.41) is 15.5. The number of aromatic nitrogens is 3. The van der Waals surface area contributed by atoms with Gasteiger partial charge < -0.3 is 20.6 Å². The van der Waals surface area contributed by atoms with E-state index in [1.54, 1.807) is 0 Å². The van der Waals surface area contributed by atoms with Gasteiger partial charge in [0.15, 0.2) is 0 Å². The van der Waals surface area contributed by atoms with E-state index in [1.807, 2.05) is 6.92 Å². The maximum atomic E-state index is 9.00. The van der Waals surface area contributed by atoms with Gasteiger partial charge in [-0.3, -0.25) is 0 Å². The average molecular weight is 294 g/mol. The molecule has 7 nitrogen and oxygen atoms in total. The fourth-order valence-electron chi connectivity index (χ4n) is 2.29. The van der Waals surface area contributed by atoms with Crippen LogP contribution < -0.4 is 15.5 Å². The summed E-state index contributed by atoms with van der Waals surface area (Å²) in [6.07, 6.45) is 4.07. The minimum atomic E-state index is 0.128. The van der Waals surface area contributed by atoms with Gasteiger partial charge in [0.05, 0.1) is 0 Å². The Morgan fingerprint density at radius 3 is 2.57 bits per heavy atom. The number of nitrogens with zero attached hydrogens (tertiary/aromatic N) is 4. The minimum Gasteiger partial charge on any atom is -0.396 e. The zero-order valence-electron chi connectivity index (χ0n) is 13.0. The van der Waals surface area contributed by atoms with Crippen LogP contribution in [0.4, 0.5) is 17.8 Å². The van der Waals surface area contributed by atoms with Gasteiger partial charge in [-0.2, -0.15) is 15.0 Å². The van der Waals surface area contributed by atoms with Crippen molar-refractivity contribution >= 4 is 17.8 Å². The Labute approximate surface area is 126 Å². The highest BCUT2D eigenvalue weighted by molar-refractivity contribution is 5.44. The highest BCUT2D eigenvalue weighted by atomic mass is 16.3. The minimum absolute atomic E-state index is 0.128. The molecule has 1 saturated heterocycles. The lowest BCUT2D eigenvalue weighted by atomic mass is 10.2. The molecule has 21 heavy (non-hydrogen) atoms. The average Bonchev–Trinajstić information content (AvgIpc) is 2.99. The molecule has 1 atom stereocenters. The molecule has 0 spiro atoms. The second kappa shape index (κ2) is 7.97. The number of aliphatic hydroxyl groups is 1. The van der Waals surface area contributed by atoms with Crippen molar-refractivity contribution in [3.8, 4) is 0 Å². The van der Waals surface area contributed by atoms with Gasteiger partial charge in [-0.1, -0.05) is 6.92 Å². The van der Waals surface area contributed by atoms with E-state index in [9.17, 15) is 0 Å². The van der Waals surface area contributed by atoms with Gasteiger partial charge in [0, 0.05) is 32.3 Å². The van der Waals surface area contributed by atoms with E-state index in [0.717, 1.165) is 32.0 Å². The third-order valence-electron chi connectivity index (χ3n) is 3.48. The zero-order chi connectivity index (χ0) is 15.1. The van der Waals surface area contributed by atoms with Gasteiger partial charge >= 0.3 is 0 Å². The Hall–Kier alpha value is -1.63. The quantitative estimate of drug-likeness (QED) is 0.669. The molecule has 1 aliphatic rings. The molecule has 2 heterocycles. The van der Waals surface area contributed by atoms with Crippen LogP contribution >= 0.6 is 0 Å². The van der Waals surface area contributed by atoms with Crippen molar-refractivity contribution in [2.24, 2.45) is 0 Å². The lowest BCUT2D eigenvalue weighted by molar-refractivity contribution is 0.282. The zero-order valence-corrected chi connectivity index (χ0v) is 13.0. The number of hydrogen-bond donors (Lipinski definition) is 3. The molecule has 118 valence electrons. The molecule has 2 rings (SSSR count). The first-order valence-corrected chi connectivity index (χ1v) is 7.85. The van der Waals surface area contributed by atoms with Crippen molar-refractivity contribution in [3.63, 3.8) is 0 Å². The second-order valence-corrected chi connectivity index (χ2v) is 5.46. The Morgan fingerprint density at radius 1 is 1.19 bits per heavy atom. The lowest BCUT2D eigenvalue weighted by Gasteiger charge is -2.18. The Bertz CT molecular complexity index is 435. The number of rotatable bonds is 8. The molecule has 1 aromatic heterocycles. The monoisotopic (exact) mass is 294 g/mol. The summed E-state index contributed by atoms with van der Waals surface area (Å²) >= 11 is 0. The smallest absolute Gasteiger partial charge is 0.231 e. The van der Waals surface area contributed by atoms with Crippen molar-refractivity contribution in [2.75, 3.05) is 41.8 Å². The van der Waals surface area contributed by atoms with Crippen LogP contribution in [0.25, 0.3) is 0 Å². The van der Waals surface area contributed by atoms with Crippen molar-refractivity contribution in [1.82, 2.24) is 15.0 Å². The van der Waals surface area contributed by atoms with Gasteiger partial charge in [0.1, 0.15) is 0 Å². The maximum Gasteiger partial charge on any atom is 0.231 e. The van der Waals surface area contributed by atoms with E-state index in [2.05, 4.69) is 37.4 Å². The van der Waals surface area contributed by atoms with Gasteiger partial charge in [-0.25, -0.2) is 0 Å². The van der Waals surface area contributed by atoms with Crippen LogP contribution in [0.1, 0.15) is 39.5 Å². The molecule has 3 N–H and O–H groups in total. The number of hydrogen-bond acceptors (Lipinski definition) is 7. The third-order valence-corrected chi connectivity index (χ3v) is 3.48. The first-order valence-electron chi connectivity index (χ1n) is 7.85. The third kappa shape index (κ3) is 4.70. The van der Waals surface area contributed by atoms with Crippen LogP contribution in [-0.4, -0.2) is 52.3 Å². The molecule has 0 aliphatic carbocycles. The van der Waals surface area contributed by atoms with Crippen LogP contribution in [0, 0.1) is 0 Å². The van der Waals surface area contributed by atoms with Crippen molar-refractivity contribution < 1.29 is 5.11 Å². The SMILES string of the molecule is CCCNc1nc(NC(C)CCO)nc(N2CCCC2)n1. The molecule has 0 saturated carbocycles. The van der Waals surface area contributed by atoms with Crippen molar-refractivity contribution in [3.05, 3.63) is 0 Å². The molecular formula is C14H26N6O. The van der Waals surface area contributed by atoms with Crippen LogP contribution in [0.3, 0.4) is 0 Å². The van der Waals surface area contributed by atoms with E-state index in [4.69, 9.17) is 5.11 Å². The number of aliphatic hydroxyl groups excluding tert-OH is 1. The Balaban J connectivity index is 2.14. The second-order valence-electron chi connectivity index (χ2n) is 5.46. The number of nitrogens with one attached hydrogen (secondary N) is 2. The maximum absolute atomic E-state index is 9.00. The largest absolute Gasteiger partial charge is 0.396 e. The molecule has 0 aromatic carbocycles. The van der Waals surface area contributed by atoms with Crippen molar-refractivity contribution in [2.45, 2.75) is 45.6 Å². The lowest BCUT2D eigenvalue weighted by Crippen LogP contribution is -2.24. The fraction of sp³-hybridized carbons (Fsp3) is 0.786. The molecule has 1 unspecified atom stereocenters. The first kappa shape index (κ1) is 15.8. The molecule has 1 aromatic rings. The fourth-order valence-corrected chi connectivity index (χ4v) is 2.29. The van der Waals surface area contributed by atoms with E-state index in [0.29, 0.717) is 18.3 Å². The molecule has 1 aliphatic heterocycles.